The summed E-state index contributed by atoms with van der Waals surface area (Å²) in [4.78, 5) is 21.6. The topological polar surface area (TPSA) is 92.9 Å². The molecule has 0 unspecified atom stereocenters. The number of methoxy groups -OCH3 is 1. The van der Waals surface area contributed by atoms with Crippen LogP contribution in [0.5, 0.6) is 5.88 Å². The molecule has 41 heavy (non-hydrogen) atoms. The zero-order chi connectivity index (χ0) is 28.9. The second-order valence-corrected chi connectivity index (χ2v) is 11.3. The van der Waals surface area contributed by atoms with Crippen LogP contribution < -0.4 is 15.4 Å². The number of thiophene rings is 1. The number of anilines is 2. The highest BCUT2D eigenvalue weighted by Gasteiger charge is 2.22. The number of ether oxygens (including phenoxy) is 2. The number of morpholine rings is 1. The second kappa shape index (κ2) is 13.3. The first-order valence-electron chi connectivity index (χ1n) is 13.3. The van der Waals surface area contributed by atoms with Gasteiger partial charge in [-0.05, 0) is 30.6 Å². The molecule has 2 saturated heterocycles. The van der Waals surface area contributed by atoms with E-state index in [-0.39, 0.29) is 4.90 Å². The van der Waals surface area contributed by atoms with Crippen molar-refractivity contribution in [3.8, 4) is 17.1 Å². The first-order chi connectivity index (χ1) is 19.8. The van der Waals surface area contributed by atoms with Crippen molar-refractivity contribution in [3.05, 3.63) is 53.0 Å². The maximum atomic E-state index is 12.3. The molecule has 218 valence electrons. The van der Waals surface area contributed by atoms with E-state index in [1.165, 1.54) is 11.6 Å². The van der Waals surface area contributed by atoms with E-state index in [4.69, 9.17) is 25.2 Å². The first-order valence-corrected chi connectivity index (χ1v) is 14.6. The zero-order valence-electron chi connectivity index (χ0n) is 23.0. The Bertz CT molecular complexity index is 1490. The Labute approximate surface area is 247 Å². The molecule has 2 aliphatic rings. The largest absolute Gasteiger partial charge is 0.480 e. The molecular weight excluding hydrogens is 568 g/mol. The summed E-state index contributed by atoms with van der Waals surface area (Å²) in [6.07, 6.45) is 1.78. The summed E-state index contributed by atoms with van der Waals surface area (Å²) in [7, 11) is 3.75. The molecule has 0 aliphatic carbocycles. The number of hydrogen-bond donors (Lipinski definition) is 2. The van der Waals surface area contributed by atoms with E-state index >= 15 is 0 Å². The van der Waals surface area contributed by atoms with Crippen LogP contribution in [0.2, 0.25) is 0 Å². The average Bonchev–Trinajstić information content (AvgIpc) is 3.39. The van der Waals surface area contributed by atoms with Gasteiger partial charge in [-0.3, -0.25) is 4.90 Å². The highest BCUT2D eigenvalue weighted by molar-refractivity contribution is 7.80. The van der Waals surface area contributed by atoms with Crippen molar-refractivity contribution < 1.29 is 18.3 Å². The van der Waals surface area contributed by atoms with Gasteiger partial charge in [0.1, 0.15) is 11.6 Å². The fourth-order valence-electron chi connectivity index (χ4n) is 4.66. The van der Waals surface area contributed by atoms with Crippen LogP contribution in [0.3, 0.4) is 0 Å². The Morgan fingerprint density at radius 3 is 2.49 bits per heavy atom. The molecule has 4 aromatic rings. The van der Waals surface area contributed by atoms with E-state index in [1.807, 2.05) is 6.07 Å². The van der Waals surface area contributed by atoms with Gasteiger partial charge >= 0.3 is 0 Å². The lowest BCUT2D eigenvalue weighted by Crippen LogP contribution is -2.43. The Kier molecular flexibility index (Phi) is 9.50. The van der Waals surface area contributed by atoms with Crippen molar-refractivity contribution in [1.29, 1.82) is 0 Å². The third kappa shape index (κ3) is 7.04. The fraction of sp³-hybridized carbons (Fsp3) is 0.393. The van der Waals surface area contributed by atoms with Crippen molar-refractivity contribution in [2.24, 2.45) is 0 Å². The number of piperazine rings is 1. The predicted octanol–water partition coefficient (Wildman–Crippen LogP) is 4.18. The molecule has 0 amide bonds. The monoisotopic (exact) mass is 601 g/mol. The average molecular weight is 602 g/mol. The SMILES string of the molecule is COc1ncc(-c2nc(N3CCOCC3)nc3c(CN4CCN(C)CC4)csc23)cc1N.Fc1ccc(S)c(F)c1. The molecule has 0 atom stereocenters. The summed E-state index contributed by atoms with van der Waals surface area (Å²) in [5.41, 5.74) is 10.7. The minimum atomic E-state index is -0.627. The molecular formula is C28H33F2N7O2S2. The number of nitrogens with two attached hydrogens (primary N) is 1. The molecule has 2 aliphatic heterocycles. The van der Waals surface area contributed by atoms with E-state index in [1.54, 1.807) is 24.6 Å². The summed E-state index contributed by atoms with van der Waals surface area (Å²) in [6, 6.07) is 5.11. The molecule has 0 radical (unpaired) electrons. The van der Waals surface area contributed by atoms with Gasteiger partial charge in [0, 0.05) is 74.1 Å². The Morgan fingerprint density at radius 1 is 1.07 bits per heavy atom. The third-order valence-corrected chi connectivity index (χ3v) is 8.40. The predicted molar refractivity (Wildman–Crippen MR) is 161 cm³/mol. The van der Waals surface area contributed by atoms with E-state index in [0.717, 1.165) is 85.4 Å². The minimum Gasteiger partial charge on any atom is -0.480 e. The number of rotatable bonds is 5. The minimum absolute atomic E-state index is 0.163. The summed E-state index contributed by atoms with van der Waals surface area (Å²) in [5, 5.41) is 2.23. The number of nitrogen functional groups attached to an aromatic ring is 1. The number of hydrogen-bond acceptors (Lipinski definition) is 11. The molecule has 1 aromatic carbocycles. The Balaban J connectivity index is 0.000000321. The molecule has 13 heteroatoms. The summed E-state index contributed by atoms with van der Waals surface area (Å²) in [6.45, 7) is 8.17. The number of likely N-dealkylation sites (N-methyl/N-ethyl adjacent to an activating group) is 1. The number of halogens is 2. The van der Waals surface area contributed by atoms with E-state index in [0.29, 0.717) is 24.8 Å². The second-order valence-electron chi connectivity index (χ2n) is 9.91. The van der Waals surface area contributed by atoms with Gasteiger partial charge in [0.15, 0.2) is 0 Å². The lowest BCUT2D eigenvalue weighted by molar-refractivity contribution is 0.122. The van der Waals surface area contributed by atoms with Crippen molar-refractivity contribution in [1.82, 2.24) is 24.8 Å². The number of benzene rings is 1. The van der Waals surface area contributed by atoms with Gasteiger partial charge in [-0.25, -0.2) is 23.7 Å². The van der Waals surface area contributed by atoms with Crippen LogP contribution in [-0.2, 0) is 11.3 Å². The molecule has 5 heterocycles. The number of pyridine rings is 1. The van der Waals surface area contributed by atoms with Gasteiger partial charge in [0.25, 0.3) is 0 Å². The summed E-state index contributed by atoms with van der Waals surface area (Å²) >= 11 is 5.39. The van der Waals surface area contributed by atoms with Crippen LogP contribution in [0.15, 0.2) is 40.7 Å². The lowest BCUT2D eigenvalue weighted by atomic mass is 10.1. The maximum absolute atomic E-state index is 12.3. The number of nitrogens with zero attached hydrogens (tertiary/aromatic N) is 6. The molecule has 0 saturated carbocycles. The normalized spacial score (nSPS) is 16.5. The number of thiol groups is 1. The van der Waals surface area contributed by atoms with Crippen LogP contribution in [0.4, 0.5) is 20.4 Å². The van der Waals surface area contributed by atoms with Crippen molar-refractivity contribution in [3.63, 3.8) is 0 Å². The van der Waals surface area contributed by atoms with Gasteiger partial charge in [-0.1, -0.05) is 0 Å². The fourth-order valence-corrected chi connectivity index (χ4v) is 5.81. The molecule has 2 N–H and O–H groups in total. The quantitative estimate of drug-likeness (QED) is 0.327. The van der Waals surface area contributed by atoms with E-state index < -0.39 is 11.6 Å². The smallest absolute Gasteiger partial charge is 0.236 e. The highest BCUT2D eigenvalue weighted by Crippen LogP contribution is 2.36. The van der Waals surface area contributed by atoms with Crippen molar-refractivity contribution in [2.45, 2.75) is 11.4 Å². The third-order valence-electron chi connectivity index (χ3n) is 7.02. The molecule has 0 bridgehead atoms. The molecule has 3 aromatic heterocycles. The lowest BCUT2D eigenvalue weighted by Gasteiger charge is -2.32. The zero-order valence-corrected chi connectivity index (χ0v) is 24.7. The number of fused-ring (bicyclic) bond motifs is 1. The van der Waals surface area contributed by atoms with Crippen molar-refractivity contribution >= 4 is 45.8 Å². The highest BCUT2D eigenvalue weighted by atomic mass is 32.1. The Hall–Kier alpha value is -3.10. The number of aromatic nitrogens is 3. The van der Waals surface area contributed by atoms with Gasteiger partial charge < -0.3 is 25.0 Å². The van der Waals surface area contributed by atoms with Gasteiger partial charge in [-0.15, -0.1) is 24.0 Å². The summed E-state index contributed by atoms with van der Waals surface area (Å²) < 4.78 is 36.2. The van der Waals surface area contributed by atoms with Crippen LogP contribution >= 0.6 is 24.0 Å². The van der Waals surface area contributed by atoms with Crippen LogP contribution in [0, 0.1) is 11.6 Å². The van der Waals surface area contributed by atoms with Crippen LogP contribution in [-0.4, -0.2) is 91.4 Å². The molecule has 0 spiro atoms. The summed E-state index contributed by atoms with van der Waals surface area (Å²) in [5.74, 6) is -0.0405. The van der Waals surface area contributed by atoms with Gasteiger partial charge in [0.05, 0.1) is 41.9 Å². The molecule has 2 fully saturated rings. The van der Waals surface area contributed by atoms with E-state index in [9.17, 15) is 8.78 Å². The molecule has 6 rings (SSSR count). The van der Waals surface area contributed by atoms with Crippen LogP contribution in [0.1, 0.15) is 5.56 Å². The first kappa shape index (κ1) is 29.4. The van der Waals surface area contributed by atoms with Crippen molar-refractivity contribution in [2.75, 3.05) is 77.3 Å². The van der Waals surface area contributed by atoms with Gasteiger partial charge in [0.2, 0.25) is 11.8 Å². The van der Waals surface area contributed by atoms with Crippen LogP contribution in [0.25, 0.3) is 21.5 Å². The maximum Gasteiger partial charge on any atom is 0.236 e. The van der Waals surface area contributed by atoms with Gasteiger partial charge in [-0.2, -0.15) is 0 Å². The standard InChI is InChI=1S/C22H29N7O2S.C6H4F2S/c1-27-3-5-28(6-4-27)13-16-14-32-20-18(15-11-17(23)21(30-2)24-12-15)25-22(26-19(16)20)29-7-9-31-10-8-29;7-4-1-2-6(9)5(8)3-4/h11-12,14H,3-10,13,23H2,1-2H3;1-3,9H. The Morgan fingerprint density at radius 2 is 1.83 bits per heavy atom. The molecule has 9 nitrogen and oxygen atoms in total. The van der Waals surface area contributed by atoms with E-state index in [2.05, 4.69) is 44.7 Å².